The van der Waals surface area contributed by atoms with Crippen molar-refractivity contribution < 1.29 is 23.9 Å². The van der Waals surface area contributed by atoms with Gasteiger partial charge in [0.1, 0.15) is 0 Å². The molecule has 1 aliphatic heterocycles. The molecule has 0 aromatic heterocycles. The van der Waals surface area contributed by atoms with Crippen molar-refractivity contribution in [1.29, 1.82) is 0 Å². The zero-order chi connectivity index (χ0) is 22.8. The van der Waals surface area contributed by atoms with E-state index in [9.17, 15) is 19.2 Å². The second-order valence-electron chi connectivity index (χ2n) is 8.53. The molecule has 0 saturated carbocycles. The van der Waals surface area contributed by atoms with Crippen LogP contribution in [0.2, 0.25) is 0 Å². The molecular formula is C24H26N2O5. The zero-order valence-electron chi connectivity index (χ0n) is 18.1. The monoisotopic (exact) mass is 422 g/mol. The van der Waals surface area contributed by atoms with Crippen molar-refractivity contribution in [2.45, 2.75) is 52.1 Å². The van der Waals surface area contributed by atoms with Crippen LogP contribution in [0.4, 0.5) is 11.4 Å². The molecule has 1 aliphatic rings. The second kappa shape index (κ2) is 8.71. The summed E-state index contributed by atoms with van der Waals surface area (Å²) in [6, 6.07) is 13.5. The first-order valence-corrected chi connectivity index (χ1v) is 10.1. The fraction of sp³-hybridized carbons (Fsp3) is 0.333. The number of nitrogens with one attached hydrogen (secondary N) is 1. The molecule has 1 saturated heterocycles. The summed E-state index contributed by atoms with van der Waals surface area (Å²) in [5.41, 5.74) is 2.40. The molecule has 2 aromatic rings. The van der Waals surface area contributed by atoms with Crippen LogP contribution in [0.15, 0.2) is 48.5 Å². The lowest BCUT2D eigenvalue weighted by atomic mass is 9.87. The van der Waals surface area contributed by atoms with E-state index in [-0.39, 0.29) is 35.6 Å². The molecule has 1 heterocycles. The Balaban J connectivity index is 1.59. The van der Waals surface area contributed by atoms with Gasteiger partial charge in [-0.05, 0) is 54.3 Å². The molecule has 3 amide bonds. The third-order valence-corrected chi connectivity index (χ3v) is 5.08. The number of carbonyl (C=O) groups is 4. The highest BCUT2D eigenvalue weighted by Gasteiger charge is 2.30. The number of rotatable bonds is 5. The Bertz CT molecular complexity index is 988. The predicted octanol–water partition coefficient (Wildman–Crippen LogP) is 3.82. The van der Waals surface area contributed by atoms with Crippen LogP contribution in [0.25, 0.3) is 0 Å². The maximum atomic E-state index is 12.4. The summed E-state index contributed by atoms with van der Waals surface area (Å²) in [6.07, 6.45) is -0.626. The molecule has 162 valence electrons. The number of anilines is 2. The lowest BCUT2D eigenvalue weighted by Crippen LogP contribution is -2.30. The molecule has 0 aliphatic carbocycles. The molecule has 0 bridgehead atoms. The van der Waals surface area contributed by atoms with E-state index in [1.165, 1.54) is 31.2 Å². The van der Waals surface area contributed by atoms with Crippen LogP contribution >= 0.6 is 0 Å². The van der Waals surface area contributed by atoms with Gasteiger partial charge in [-0.15, -0.1) is 0 Å². The molecule has 3 rings (SSSR count). The van der Waals surface area contributed by atoms with Gasteiger partial charge in [-0.2, -0.15) is 0 Å². The second-order valence-corrected chi connectivity index (χ2v) is 8.53. The molecule has 7 nitrogen and oxygen atoms in total. The number of nitrogens with zero attached hydrogens (tertiary/aromatic N) is 1. The smallest absolute Gasteiger partial charge is 0.338 e. The average molecular weight is 422 g/mol. The van der Waals surface area contributed by atoms with Crippen molar-refractivity contribution in [3.63, 3.8) is 0 Å². The van der Waals surface area contributed by atoms with Crippen LogP contribution in [0.1, 0.15) is 56.5 Å². The summed E-state index contributed by atoms with van der Waals surface area (Å²) in [6.45, 7) is 7.81. The number of ether oxygens (including phenoxy) is 1. The minimum atomic E-state index is -1.00. The number of hydrogen-bond donors (Lipinski definition) is 1. The van der Waals surface area contributed by atoms with E-state index in [0.29, 0.717) is 11.4 Å². The highest BCUT2D eigenvalue weighted by Crippen LogP contribution is 2.24. The van der Waals surface area contributed by atoms with Crippen LogP contribution in [-0.4, -0.2) is 29.8 Å². The highest BCUT2D eigenvalue weighted by molar-refractivity contribution is 6.19. The van der Waals surface area contributed by atoms with Gasteiger partial charge in [-0.25, -0.2) is 4.79 Å². The van der Waals surface area contributed by atoms with Crippen LogP contribution in [0.3, 0.4) is 0 Å². The third kappa shape index (κ3) is 5.17. The lowest BCUT2D eigenvalue weighted by Gasteiger charge is -2.19. The van der Waals surface area contributed by atoms with E-state index < -0.39 is 18.0 Å². The van der Waals surface area contributed by atoms with Crippen molar-refractivity contribution in [3.05, 3.63) is 59.7 Å². The summed E-state index contributed by atoms with van der Waals surface area (Å²) in [4.78, 5) is 49.5. The summed E-state index contributed by atoms with van der Waals surface area (Å²) in [5.74, 6) is -1.64. The van der Waals surface area contributed by atoms with Crippen LogP contribution in [-0.2, 0) is 24.5 Å². The van der Waals surface area contributed by atoms with Crippen molar-refractivity contribution in [3.8, 4) is 0 Å². The summed E-state index contributed by atoms with van der Waals surface area (Å²) < 4.78 is 5.26. The Hall–Kier alpha value is -3.48. The summed E-state index contributed by atoms with van der Waals surface area (Å²) in [5, 5.41) is 2.74. The van der Waals surface area contributed by atoms with Gasteiger partial charge < -0.3 is 10.1 Å². The van der Waals surface area contributed by atoms with Crippen molar-refractivity contribution in [1.82, 2.24) is 0 Å². The molecule has 1 fully saturated rings. The molecule has 1 unspecified atom stereocenters. The first-order chi connectivity index (χ1) is 14.6. The molecule has 0 spiro atoms. The molecular weight excluding hydrogens is 396 g/mol. The zero-order valence-corrected chi connectivity index (χ0v) is 18.1. The molecule has 1 atom stereocenters. The Labute approximate surface area is 181 Å². The normalized spacial score (nSPS) is 15.0. The third-order valence-electron chi connectivity index (χ3n) is 5.08. The Morgan fingerprint density at radius 2 is 1.48 bits per heavy atom. The van der Waals surface area contributed by atoms with Gasteiger partial charge in [0.2, 0.25) is 11.8 Å². The minimum absolute atomic E-state index is 0.0102. The number of imide groups is 1. The van der Waals surface area contributed by atoms with Gasteiger partial charge in [0.15, 0.2) is 6.10 Å². The Morgan fingerprint density at radius 3 is 2.00 bits per heavy atom. The van der Waals surface area contributed by atoms with Crippen LogP contribution in [0, 0.1) is 0 Å². The fourth-order valence-corrected chi connectivity index (χ4v) is 3.19. The molecule has 1 N–H and O–H groups in total. The van der Waals surface area contributed by atoms with Gasteiger partial charge in [0.05, 0.1) is 11.3 Å². The van der Waals surface area contributed by atoms with Gasteiger partial charge in [-0.3, -0.25) is 19.3 Å². The van der Waals surface area contributed by atoms with Crippen LogP contribution < -0.4 is 10.2 Å². The van der Waals surface area contributed by atoms with E-state index >= 15 is 0 Å². The highest BCUT2D eigenvalue weighted by atomic mass is 16.5. The van der Waals surface area contributed by atoms with Crippen molar-refractivity contribution in [2.75, 3.05) is 10.2 Å². The van der Waals surface area contributed by atoms with Gasteiger partial charge in [0.25, 0.3) is 5.91 Å². The number of esters is 1. The predicted molar refractivity (Wildman–Crippen MR) is 117 cm³/mol. The average Bonchev–Trinajstić information content (AvgIpc) is 3.05. The van der Waals surface area contributed by atoms with Crippen LogP contribution in [0.5, 0.6) is 0 Å². The Morgan fingerprint density at radius 1 is 0.935 bits per heavy atom. The fourth-order valence-electron chi connectivity index (χ4n) is 3.19. The number of hydrogen-bond acceptors (Lipinski definition) is 5. The van der Waals surface area contributed by atoms with Gasteiger partial charge in [-0.1, -0.05) is 32.9 Å². The van der Waals surface area contributed by atoms with Crippen molar-refractivity contribution >= 4 is 35.1 Å². The summed E-state index contributed by atoms with van der Waals surface area (Å²) in [7, 11) is 0. The standard InChI is InChI=1S/C24H26N2O5/c1-15(22(29)25-18-9-7-17(8-10-18)24(2,3)4)31-23(30)16-5-11-19(12-6-16)26-20(27)13-14-21(26)28/h5-12,15H,13-14H2,1-4H3,(H,25,29). The number of benzene rings is 2. The van der Waals surface area contributed by atoms with Gasteiger partial charge in [0, 0.05) is 18.5 Å². The van der Waals surface area contributed by atoms with Gasteiger partial charge >= 0.3 is 5.97 Å². The number of amides is 3. The molecule has 2 aromatic carbocycles. The lowest BCUT2D eigenvalue weighted by molar-refractivity contribution is -0.124. The molecule has 7 heteroatoms. The first kappa shape index (κ1) is 22.2. The van der Waals surface area contributed by atoms with Crippen molar-refractivity contribution in [2.24, 2.45) is 0 Å². The molecule has 31 heavy (non-hydrogen) atoms. The maximum Gasteiger partial charge on any atom is 0.338 e. The minimum Gasteiger partial charge on any atom is -0.449 e. The SMILES string of the molecule is CC(OC(=O)c1ccc(N2C(=O)CCC2=O)cc1)C(=O)Nc1ccc(C(C)(C)C)cc1. The largest absolute Gasteiger partial charge is 0.449 e. The topological polar surface area (TPSA) is 92.8 Å². The maximum absolute atomic E-state index is 12.4. The van der Waals surface area contributed by atoms with E-state index in [1.54, 1.807) is 0 Å². The van der Waals surface area contributed by atoms with E-state index in [2.05, 4.69) is 26.1 Å². The quantitative estimate of drug-likeness (QED) is 0.584. The van der Waals surface area contributed by atoms with E-state index in [1.807, 2.05) is 24.3 Å². The first-order valence-electron chi connectivity index (χ1n) is 10.1. The molecule has 0 radical (unpaired) electrons. The Kier molecular flexibility index (Phi) is 6.24. The number of carbonyl (C=O) groups excluding carboxylic acids is 4. The summed E-state index contributed by atoms with van der Waals surface area (Å²) >= 11 is 0. The van der Waals surface area contributed by atoms with E-state index in [0.717, 1.165) is 10.5 Å². The van der Waals surface area contributed by atoms with E-state index in [4.69, 9.17) is 4.74 Å².